The van der Waals surface area contributed by atoms with Gasteiger partial charge in [-0.2, -0.15) is 9.71 Å². The summed E-state index contributed by atoms with van der Waals surface area (Å²) in [6.45, 7) is 4.96. The van der Waals surface area contributed by atoms with Crippen LogP contribution in [0.1, 0.15) is 31.3 Å². The molecule has 3 aromatic rings. The summed E-state index contributed by atoms with van der Waals surface area (Å²) in [4.78, 5) is 15.4. The first kappa shape index (κ1) is 19.7. The molecule has 0 unspecified atom stereocenters. The van der Waals surface area contributed by atoms with E-state index >= 15 is 0 Å². The summed E-state index contributed by atoms with van der Waals surface area (Å²) in [6, 6.07) is 12.7. The number of amides is 1. The first-order chi connectivity index (χ1) is 13.2. The quantitative estimate of drug-likeness (QED) is 0.657. The van der Waals surface area contributed by atoms with Crippen molar-refractivity contribution < 1.29 is 17.7 Å². The summed E-state index contributed by atoms with van der Waals surface area (Å²) < 4.78 is 32.9. The lowest BCUT2D eigenvalue weighted by molar-refractivity contribution is -0.114. The van der Waals surface area contributed by atoms with Gasteiger partial charge in [0.2, 0.25) is 27.6 Å². The zero-order valence-corrected chi connectivity index (χ0v) is 16.4. The number of nitrogens with one attached hydrogen (secondary N) is 2. The lowest BCUT2D eigenvalue weighted by Crippen LogP contribution is -2.27. The molecule has 3 rings (SSSR count). The number of rotatable bonds is 6. The number of carbonyl (C=O) groups is 1. The standard InChI is InChI=1S/C19H20N4O4S/c1-12-5-4-6-15(11-12)18-21-19(27-22-18)13(2)23-28(25,26)17-9-7-16(8-10-17)20-14(3)24/h4-11,13,23H,1-3H3,(H,20,24)/t13-/m0/s1. The maximum atomic E-state index is 12.6. The second-order valence-corrected chi connectivity index (χ2v) is 8.09. The molecular weight excluding hydrogens is 380 g/mol. The predicted molar refractivity (Wildman–Crippen MR) is 104 cm³/mol. The molecule has 2 aromatic carbocycles. The highest BCUT2D eigenvalue weighted by Gasteiger charge is 2.22. The summed E-state index contributed by atoms with van der Waals surface area (Å²) in [7, 11) is -3.81. The highest BCUT2D eigenvalue weighted by atomic mass is 32.2. The van der Waals surface area contributed by atoms with Crippen LogP contribution in [0.25, 0.3) is 11.4 Å². The zero-order chi connectivity index (χ0) is 20.3. The lowest BCUT2D eigenvalue weighted by Gasteiger charge is -2.11. The third-order valence-corrected chi connectivity index (χ3v) is 5.46. The van der Waals surface area contributed by atoms with Crippen molar-refractivity contribution in [3.05, 3.63) is 60.0 Å². The number of hydrogen-bond acceptors (Lipinski definition) is 6. The van der Waals surface area contributed by atoms with Gasteiger partial charge >= 0.3 is 0 Å². The second kappa shape index (κ2) is 7.91. The summed E-state index contributed by atoms with van der Waals surface area (Å²) >= 11 is 0. The van der Waals surface area contributed by atoms with Crippen LogP contribution in [0.4, 0.5) is 5.69 Å². The molecule has 0 saturated heterocycles. The molecule has 0 fully saturated rings. The van der Waals surface area contributed by atoms with Gasteiger partial charge in [0.25, 0.3) is 0 Å². The molecule has 146 valence electrons. The first-order valence-electron chi connectivity index (χ1n) is 8.55. The van der Waals surface area contributed by atoms with E-state index in [9.17, 15) is 13.2 Å². The zero-order valence-electron chi connectivity index (χ0n) is 15.6. The SMILES string of the molecule is CC(=O)Nc1ccc(S(=O)(=O)N[C@@H](C)c2nc(-c3cccc(C)c3)no2)cc1. The molecule has 0 aliphatic heterocycles. The van der Waals surface area contributed by atoms with Crippen molar-refractivity contribution in [2.24, 2.45) is 0 Å². The monoisotopic (exact) mass is 400 g/mol. The minimum absolute atomic E-state index is 0.0619. The molecule has 0 saturated carbocycles. The third-order valence-electron chi connectivity index (χ3n) is 3.91. The van der Waals surface area contributed by atoms with Crippen molar-refractivity contribution in [1.82, 2.24) is 14.9 Å². The fourth-order valence-corrected chi connectivity index (χ4v) is 3.78. The van der Waals surface area contributed by atoms with Gasteiger partial charge in [0.1, 0.15) is 0 Å². The van der Waals surface area contributed by atoms with E-state index in [1.807, 2.05) is 31.2 Å². The summed E-state index contributed by atoms with van der Waals surface area (Å²) in [5.74, 6) is 0.322. The Kier molecular flexibility index (Phi) is 5.57. The van der Waals surface area contributed by atoms with Crippen LogP contribution in [-0.4, -0.2) is 24.5 Å². The average molecular weight is 400 g/mol. The summed E-state index contributed by atoms with van der Waals surface area (Å²) in [5, 5.41) is 6.51. The number of benzene rings is 2. The highest BCUT2D eigenvalue weighted by molar-refractivity contribution is 7.89. The van der Waals surface area contributed by atoms with Crippen LogP contribution in [0.2, 0.25) is 0 Å². The van der Waals surface area contributed by atoms with Gasteiger partial charge in [0.15, 0.2) is 0 Å². The van der Waals surface area contributed by atoms with E-state index in [-0.39, 0.29) is 16.7 Å². The van der Waals surface area contributed by atoms with Gasteiger partial charge in [0, 0.05) is 18.2 Å². The molecule has 0 radical (unpaired) electrons. The van der Waals surface area contributed by atoms with E-state index < -0.39 is 16.1 Å². The van der Waals surface area contributed by atoms with E-state index in [0.29, 0.717) is 11.5 Å². The van der Waals surface area contributed by atoms with Crippen LogP contribution in [0.15, 0.2) is 57.9 Å². The molecule has 1 heterocycles. The van der Waals surface area contributed by atoms with Crippen LogP contribution < -0.4 is 10.0 Å². The van der Waals surface area contributed by atoms with Crippen molar-refractivity contribution in [3.63, 3.8) is 0 Å². The third kappa shape index (κ3) is 4.62. The molecule has 8 nitrogen and oxygen atoms in total. The predicted octanol–water partition coefficient (Wildman–Crippen LogP) is 3.04. The maximum Gasteiger partial charge on any atom is 0.244 e. The van der Waals surface area contributed by atoms with Gasteiger partial charge in [-0.25, -0.2) is 8.42 Å². The molecule has 0 aliphatic rings. The summed E-state index contributed by atoms with van der Waals surface area (Å²) in [6.07, 6.45) is 0. The number of aryl methyl sites for hydroxylation is 1. The number of nitrogens with zero attached hydrogens (tertiary/aromatic N) is 2. The Labute approximate surface area is 163 Å². The molecule has 1 amide bonds. The van der Waals surface area contributed by atoms with Gasteiger partial charge in [-0.1, -0.05) is 28.9 Å². The van der Waals surface area contributed by atoms with Gasteiger partial charge in [-0.05, 0) is 44.2 Å². The molecular formula is C19H20N4O4S. The minimum atomic E-state index is -3.81. The Hall–Kier alpha value is -3.04. The average Bonchev–Trinajstić information content (AvgIpc) is 3.12. The van der Waals surface area contributed by atoms with Crippen molar-refractivity contribution in [1.29, 1.82) is 0 Å². The van der Waals surface area contributed by atoms with E-state index in [1.165, 1.54) is 31.2 Å². The van der Waals surface area contributed by atoms with Gasteiger partial charge < -0.3 is 9.84 Å². The molecule has 1 atom stereocenters. The molecule has 0 spiro atoms. The van der Waals surface area contributed by atoms with Gasteiger partial charge in [-0.15, -0.1) is 0 Å². The molecule has 0 bridgehead atoms. The Morgan fingerprint density at radius 3 is 2.50 bits per heavy atom. The van der Waals surface area contributed by atoms with Crippen LogP contribution in [0, 0.1) is 6.92 Å². The van der Waals surface area contributed by atoms with Crippen molar-refractivity contribution in [2.75, 3.05) is 5.32 Å². The van der Waals surface area contributed by atoms with Crippen molar-refractivity contribution in [3.8, 4) is 11.4 Å². The number of anilines is 1. The second-order valence-electron chi connectivity index (χ2n) is 6.37. The fourth-order valence-electron chi connectivity index (χ4n) is 2.58. The number of hydrogen-bond donors (Lipinski definition) is 2. The maximum absolute atomic E-state index is 12.6. The summed E-state index contributed by atoms with van der Waals surface area (Å²) in [5.41, 5.74) is 2.36. The van der Waals surface area contributed by atoms with E-state index in [2.05, 4.69) is 20.2 Å². The topological polar surface area (TPSA) is 114 Å². The van der Waals surface area contributed by atoms with Gasteiger partial charge in [0.05, 0.1) is 10.9 Å². The van der Waals surface area contributed by atoms with E-state index in [1.54, 1.807) is 6.92 Å². The smallest absolute Gasteiger partial charge is 0.244 e. The van der Waals surface area contributed by atoms with Crippen LogP contribution in [-0.2, 0) is 14.8 Å². The highest BCUT2D eigenvalue weighted by Crippen LogP contribution is 2.21. The Balaban J connectivity index is 1.75. The largest absolute Gasteiger partial charge is 0.337 e. The van der Waals surface area contributed by atoms with Crippen LogP contribution >= 0.6 is 0 Å². The Morgan fingerprint density at radius 1 is 1.14 bits per heavy atom. The lowest BCUT2D eigenvalue weighted by atomic mass is 10.1. The minimum Gasteiger partial charge on any atom is -0.337 e. The Bertz CT molecular complexity index is 1090. The molecule has 1 aromatic heterocycles. The molecule has 2 N–H and O–H groups in total. The molecule has 28 heavy (non-hydrogen) atoms. The molecule has 9 heteroatoms. The van der Waals surface area contributed by atoms with E-state index in [4.69, 9.17) is 4.52 Å². The number of sulfonamides is 1. The van der Waals surface area contributed by atoms with Crippen molar-refractivity contribution in [2.45, 2.75) is 31.7 Å². The van der Waals surface area contributed by atoms with Crippen molar-refractivity contribution >= 4 is 21.6 Å². The first-order valence-corrected chi connectivity index (χ1v) is 10.0. The number of aromatic nitrogens is 2. The van der Waals surface area contributed by atoms with Gasteiger partial charge in [-0.3, -0.25) is 4.79 Å². The normalized spacial score (nSPS) is 12.5. The molecule has 0 aliphatic carbocycles. The van der Waals surface area contributed by atoms with E-state index in [0.717, 1.165) is 11.1 Å². The fraction of sp³-hybridized carbons (Fsp3) is 0.211. The van der Waals surface area contributed by atoms with Crippen LogP contribution in [0.5, 0.6) is 0 Å². The van der Waals surface area contributed by atoms with Crippen LogP contribution in [0.3, 0.4) is 0 Å². The number of carbonyl (C=O) groups excluding carboxylic acids is 1. The Morgan fingerprint density at radius 2 is 1.86 bits per heavy atom.